The van der Waals surface area contributed by atoms with Crippen molar-refractivity contribution < 1.29 is 4.79 Å². The first-order valence-electron chi connectivity index (χ1n) is 5.65. The van der Waals surface area contributed by atoms with Crippen LogP contribution in [0.1, 0.15) is 16.1 Å². The lowest BCUT2D eigenvalue weighted by Gasteiger charge is -2.06. The Balaban J connectivity index is 1.88. The van der Waals surface area contributed by atoms with E-state index in [-0.39, 0.29) is 5.91 Å². The molecule has 2 aromatic rings. The number of carbonyl (C=O) groups is 1. The highest BCUT2D eigenvalue weighted by molar-refractivity contribution is 5.98. The van der Waals surface area contributed by atoms with Crippen molar-refractivity contribution in [2.24, 2.45) is 0 Å². The first-order chi connectivity index (χ1) is 8.77. The molecule has 0 bridgehead atoms. The van der Waals surface area contributed by atoms with Gasteiger partial charge in [0.2, 0.25) is 0 Å². The van der Waals surface area contributed by atoms with E-state index in [9.17, 15) is 4.79 Å². The summed E-state index contributed by atoms with van der Waals surface area (Å²) < 4.78 is 0. The molecule has 0 spiro atoms. The monoisotopic (exact) mass is 242 g/mol. The average molecular weight is 242 g/mol. The Morgan fingerprint density at radius 3 is 2.89 bits per heavy atom. The molecule has 0 radical (unpaired) electrons. The van der Waals surface area contributed by atoms with Crippen LogP contribution in [0.4, 0.5) is 5.69 Å². The van der Waals surface area contributed by atoms with Gasteiger partial charge < -0.3 is 11.1 Å². The van der Waals surface area contributed by atoms with E-state index in [4.69, 9.17) is 5.73 Å². The number of carbonyl (C=O) groups excluding carboxylic acids is 1. The highest BCUT2D eigenvalue weighted by atomic mass is 16.1. The van der Waals surface area contributed by atoms with Crippen molar-refractivity contribution >= 4 is 11.6 Å². The number of nitrogens with zero attached hydrogens (tertiary/aromatic N) is 2. The van der Waals surface area contributed by atoms with E-state index in [1.54, 1.807) is 18.5 Å². The zero-order valence-electron chi connectivity index (χ0n) is 9.84. The standard InChI is InChI=1S/C13H14N4O/c14-12-9-15-7-5-11(12)13(18)17-8-4-10-3-1-2-6-16-10/h1-3,5-7,9H,4,8,14H2,(H,17,18). The minimum absolute atomic E-state index is 0.189. The number of aromatic nitrogens is 2. The van der Waals surface area contributed by atoms with Crippen LogP contribution in [0.2, 0.25) is 0 Å². The molecule has 0 aliphatic heterocycles. The summed E-state index contributed by atoms with van der Waals surface area (Å²) in [6.07, 6.45) is 5.44. The van der Waals surface area contributed by atoms with E-state index in [0.29, 0.717) is 24.2 Å². The molecule has 92 valence electrons. The van der Waals surface area contributed by atoms with Gasteiger partial charge in [-0.15, -0.1) is 0 Å². The van der Waals surface area contributed by atoms with Crippen LogP contribution < -0.4 is 11.1 Å². The van der Waals surface area contributed by atoms with Crippen molar-refractivity contribution in [2.45, 2.75) is 6.42 Å². The minimum Gasteiger partial charge on any atom is -0.397 e. The van der Waals surface area contributed by atoms with Crippen LogP contribution in [-0.4, -0.2) is 22.4 Å². The van der Waals surface area contributed by atoms with Gasteiger partial charge in [-0.3, -0.25) is 14.8 Å². The summed E-state index contributed by atoms with van der Waals surface area (Å²) in [5.41, 5.74) is 7.45. The highest BCUT2D eigenvalue weighted by Gasteiger charge is 2.08. The summed E-state index contributed by atoms with van der Waals surface area (Å²) in [6.45, 7) is 0.525. The largest absolute Gasteiger partial charge is 0.397 e. The second-order valence-corrected chi connectivity index (χ2v) is 3.79. The second kappa shape index (κ2) is 5.77. The Morgan fingerprint density at radius 1 is 1.28 bits per heavy atom. The van der Waals surface area contributed by atoms with Crippen LogP contribution in [0, 0.1) is 0 Å². The number of hydrogen-bond acceptors (Lipinski definition) is 4. The molecule has 0 aliphatic rings. The molecule has 0 saturated heterocycles. The molecule has 0 saturated carbocycles. The van der Waals surface area contributed by atoms with Gasteiger partial charge in [0.05, 0.1) is 17.4 Å². The third-order valence-corrected chi connectivity index (χ3v) is 2.49. The molecule has 1 amide bonds. The van der Waals surface area contributed by atoms with Gasteiger partial charge in [0, 0.05) is 31.1 Å². The van der Waals surface area contributed by atoms with Crippen LogP contribution in [0.25, 0.3) is 0 Å². The number of hydrogen-bond donors (Lipinski definition) is 2. The molecule has 5 nitrogen and oxygen atoms in total. The van der Waals surface area contributed by atoms with E-state index in [0.717, 1.165) is 5.69 Å². The Labute approximate surface area is 105 Å². The maximum Gasteiger partial charge on any atom is 0.253 e. The molecule has 0 atom stereocenters. The van der Waals surface area contributed by atoms with E-state index >= 15 is 0 Å². The lowest BCUT2D eigenvalue weighted by Crippen LogP contribution is -2.26. The number of pyridine rings is 2. The fraction of sp³-hybridized carbons (Fsp3) is 0.154. The molecule has 2 aromatic heterocycles. The number of nitrogens with one attached hydrogen (secondary N) is 1. The molecule has 0 fully saturated rings. The first-order valence-corrected chi connectivity index (χ1v) is 5.65. The fourth-order valence-electron chi connectivity index (χ4n) is 1.56. The molecular formula is C13H14N4O. The van der Waals surface area contributed by atoms with Gasteiger partial charge in [0.1, 0.15) is 0 Å². The normalized spacial score (nSPS) is 10.0. The lowest BCUT2D eigenvalue weighted by molar-refractivity contribution is 0.0955. The highest BCUT2D eigenvalue weighted by Crippen LogP contribution is 2.07. The van der Waals surface area contributed by atoms with Crippen LogP contribution in [0.15, 0.2) is 42.9 Å². The van der Waals surface area contributed by atoms with Crippen molar-refractivity contribution in [3.8, 4) is 0 Å². The zero-order chi connectivity index (χ0) is 12.8. The Kier molecular flexibility index (Phi) is 3.86. The molecule has 2 heterocycles. The number of rotatable bonds is 4. The topological polar surface area (TPSA) is 80.9 Å². The predicted molar refractivity (Wildman–Crippen MR) is 68.9 cm³/mol. The number of anilines is 1. The molecular weight excluding hydrogens is 228 g/mol. The Bertz CT molecular complexity index is 528. The van der Waals surface area contributed by atoms with Gasteiger partial charge in [0.25, 0.3) is 5.91 Å². The third-order valence-electron chi connectivity index (χ3n) is 2.49. The number of nitrogen functional groups attached to an aromatic ring is 1. The number of amides is 1. The quantitative estimate of drug-likeness (QED) is 0.839. The molecule has 2 rings (SSSR count). The van der Waals surface area contributed by atoms with Gasteiger partial charge in [-0.1, -0.05) is 6.07 Å². The van der Waals surface area contributed by atoms with Crippen LogP contribution in [0.5, 0.6) is 0 Å². The van der Waals surface area contributed by atoms with Gasteiger partial charge in [-0.05, 0) is 18.2 Å². The Hall–Kier alpha value is -2.43. The first kappa shape index (κ1) is 12.0. The van der Waals surface area contributed by atoms with E-state index < -0.39 is 0 Å². The van der Waals surface area contributed by atoms with Crippen LogP contribution in [-0.2, 0) is 6.42 Å². The zero-order valence-corrected chi connectivity index (χ0v) is 9.84. The van der Waals surface area contributed by atoms with Crippen LogP contribution >= 0.6 is 0 Å². The lowest BCUT2D eigenvalue weighted by atomic mass is 10.2. The van der Waals surface area contributed by atoms with Gasteiger partial charge >= 0.3 is 0 Å². The second-order valence-electron chi connectivity index (χ2n) is 3.79. The summed E-state index contributed by atoms with van der Waals surface area (Å²) in [4.78, 5) is 19.8. The van der Waals surface area contributed by atoms with Gasteiger partial charge in [-0.2, -0.15) is 0 Å². The molecule has 0 unspecified atom stereocenters. The summed E-state index contributed by atoms with van der Waals surface area (Å²) in [7, 11) is 0. The van der Waals surface area contributed by atoms with E-state index in [2.05, 4.69) is 15.3 Å². The fourth-order valence-corrected chi connectivity index (χ4v) is 1.56. The molecule has 0 aliphatic carbocycles. The molecule has 5 heteroatoms. The van der Waals surface area contributed by atoms with Crippen molar-refractivity contribution in [3.63, 3.8) is 0 Å². The van der Waals surface area contributed by atoms with Gasteiger partial charge in [0.15, 0.2) is 0 Å². The number of nitrogens with two attached hydrogens (primary N) is 1. The maximum atomic E-state index is 11.8. The third kappa shape index (κ3) is 3.04. The molecule has 18 heavy (non-hydrogen) atoms. The predicted octanol–water partition coefficient (Wildman–Crippen LogP) is 1.03. The summed E-state index contributed by atoms with van der Waals surface area (Å²) in [5.74, 6) is -0.189. The Morgan fingerprint density at radius 2 is 2.17 bits per heavy atom. The molecule has 0 aromatic carbocycles. The van der Waals surface area contributed by atoms with Crippen molar-refractivity contribution in [1.29, 1.82) is 0 Å². The minimum atomic E-state index is -0.189. The van der Waals surface area contributed by atoms with Crippen molar-refractivity contribution in [3.05, 3.63) is 54.1 Å². The maximum absolute atomic E-state index is 11.8. The average Bonchev–Trinajstić information content (AvgIpc) is 2.40. The van der Waals surface area contributed by atoms with Crippen molar-refractivity contribution in [1.82, 2.24) is 15.3 Å². The van der Waals surface area contributed by atoms with E-state index in [1.165, 1.54) is 6.20 Å². The molecule has 3 N–H and O–H groups in total. The van der Waals surface area contributed by atoms with Crippen LogP contribution in [0.3, 0.4) is 0 Å². The van der Waals surface area contributed by atoms with Gasteiger partial charge in [-0.25, -0.2) is 0 Å². The summed E-state index contributed by atoms with van der Waals surface area (Å²) in [5, 5.41) is 2.80. The van der Waals surface area contributed by atoms with Crippen molar-refractivity contribution in [2.75, 3.05) is 12.3 Å². The van der Waals surface area contributed by atoms with E-state index in [1.807, 2.05) is 18.2 Å². The summed E-state index contributed by atoms with van der Waals surface area (Å²) in [6, 6.07) is 7.31. The smallest absolute Gasteiger partial charge is 0.253 e. The SMILES string of the molecule is Nc1cnccc1C(=O)NCCc1ccccn1. The summed E-state index contributed by atoms with van der Waals surface area (Å²) >= 11 is 0.